The molecule has 1 aliphatic rings. The highest BCUT2D eigenvalue weighted by molar-refractivity contribution is 8.15. The standard InChI is InChI=1S/C15H11Cl2N3OS2/c16-11-4-3-9(6-12(11)17)7-13-14(21)19-15(23-13)20-18-8-10-2-1-5-22-10/h1-6,8,13H,7H2,(H,19,20,21)/b18-8+. The lowest BCUT2D eigenvalue weighted by atomic mass is 10.1. The second-order valence-corrected chi connectivity index (χ2v) is 7.70. The molecule has 1 fully saturated rings. The monoisotopic (exact) mass is 383 g/mol. The molecule has 1 aromatic heterocycles. The summed E-state index contributed by atoms with van der Waals surface area (Å²) in [7, 11) is 0. The van der Waals surface area contributed by atoms with Crippen LogP contribution in [0.5, 0.6) is 0 Å². The van der Waals surface area contributed by atoms with E-state index >= 15 is 0 Å². The molecule has 0 bridgehead atoms. The van der Waals surface area contributed by atoms with Gasteiger partial charge in [0, 0.05) is 4.88 Å². The highest BCUT2D eigenvalue weighted by atomic mass is 35.5. The molecule has 1 atom stereocenters. The van der Waals surface area contributed by atoms with Crippen molar-refractivity contribution in [2.24, 2.45) is 10.2 Å². The Hall–Kier alpha value is -1.34. The molecular formula is C15H11Cl2N3OS2. The van der Waals surface area contributed by atoms with Crippen molar-refractivity contribution in [3.8, 4) is 0 Å². The van der Waals surface area contributed by atoms with Crippen LogP contribution < -0.4 is 5.32 Å². The predicted molar refractivity (Wildman–Crippen MR) is 99.0 cm³/mol. The third kappa shape index (κ3) is 4.35. The zero-order valence-corrected chi connectivity index (χ0v) is 14.8. The van der Waals surface area contributed by atoms with Crippen molar-refractivity contribution in [1.29, 1.82) is 0 Å². The smallest absolute Gasteiger partial charge is 0.239 e. The van der Waals surface area contributed by atoms with Crippen LogP contribution in [0.3, 0.4) is 0 Å². The topological polar surface area (TPSA) is 53.8 Å². The molecule has 118 valence electrons. The highest BCUT2D eigenvalue weighted by Gasteiger charge is 2.30. The number of rotatable bonds is 4. The van der Waals surface area contributed by atoms with Gasteiger partial charge in [-0.05, 0) is 35.6 Å². The fourth-order valence-corrected chi connectivity index (χ4v) is 3.84. The molecule has 1 aromatic carbocycles. The number of halogens is 2. The van der Waals surface area contributed by atoms with Gasteiger partial charge in [0.05, 0.1) is 21.5 Å². The first kappa shape index (κ1) is 16.5. The lowest BCUT2D eigenvalue weighted by molar-refractivity contribution is -0.118. The van der Waals surface area contributed by atoms with Crippen molar-refractivity contribution in [2.45, 2.75) is 11.7 Å². The maximum Gasteiger partial charge on any atom is 0.239 e. The van der Waals surface area contributed by atoms with Gasteiger partial charge >= 0.3 is 0 Å². The van der Waals surface area contributed by atoms with E-state index in [9.17, 15) is 4.79 Å². The zero-order chi connectivity index (χ0) is 16.2. The molecule has 4 nitrogen and oxygen atoms in total. The quantitative estimate of drug-likeness (QED) is 0.634. The van der Waals surface area contributed by atoms with Crippen molar-refractivity contribution in [2.75, 3.05) is 0 Å². The first-order valence-electron chi connectivity index (χ1n) is 6.68. The van der Waals surface area contributed by atoms with E-state index in [0.29, 0.717) is 21.6 Å². The highest BCUT2D eigenvalue weighted by Crippen LogP contribution is 2.27. The van der Waals surface area contributed by atoms with Crippen LogP contribution in [-0.4, -0.2) is 22.5 Å². The number of thioether (sulfide) groups is 1. The van der Waals surface area contributed by atoms with Crippen molar-refractivity contribution in [3.63, 3.8) is 0 Å². The number of carbonyl (C=O) groups is 1. The molecule has 0 radical (unpaired) electrons. The number of thiophene rings is 1. The molecule has 2 aromatic rings. The fourth-order valence-electron chi connectivity index (χ4n) is 1.97. The Labute approximate surface area is 151 Å². The van der Waals surface area contributed by atoms with E-state index < -0.39 is 0 Å². The van der Waals surface area contributed by atoms with Crippen molar-refractivity contribution in [3.05, 3.63) is 56.2 Å². The summed E-state index contributed by atoms with van der Waals surface area (Å²) in [6.07, 6.45) is 2.22. The van der Waals surface area contributed by atoms with E-state index in [1.54, 1.807) is 29.7 Å². The van der Waals surface area contributed by atoms with E-state index in [4.69, 9.17) is 23.2 Å². The second kappa shape index (κ2) is 7.49. The summed E-state index contributed by atoms with van der Waals surface area (Å²) in [4.78, 5) is 13.0. The molecule has 23 heavy (non-hydrogen) atoms. The molecule has 8 heteroatoms. The van der Waals surface area contributed by atoms with Crippen LogP contribution in [0.2, 0.25) is 10.0 Å². The first-order chi connectivity index (χ1) is 11.1. The largest absolute Gasteiger partial charge is 0.303 e. The molecule has 3 rings (SSSR count). The average Bonchev–Trinajstić information content (AvgIpc) is 3.14. The van der Waals surface area contributed by atoms with Crippen LogP contribution in [0.4, 0.5) is 0 Å². The van der Waals surface area contributed by atoms with Crippen LogP contribution in [0.1, 0.15) is 10.4 Å². The van der Waals surface area contributed by atoms with Gasteiger partial charge in [0.25, 0.3) is 0 Å². The van der Waals surface area contributed by atoms with Crippen LogP contribution >= 0.6 is 46.3 Å². The number of nitrogens with one attached hydrogen (secondary N) is 1. The Balaban J connectivity index is 1.64. The number of hydrogen-bond donors (Lipinski definition) is 1. The molecule has 2 heterocycles. The third-order valence-electron chi connectivity index (χ3n) is 3.06. The van der Waals surface area contributed by atoms with Crippen LogP contribution in [0.25, 0.3) is 0 Å². The molecule has 0 saturated carbocycles. The van der Waals surface area contributed by atoms with E-state index in [1.807, 2.05) is 23.6 Å². The summed E-state index contributed by atoms with van der Waals surface area (Å²) in [6.45, 7) is 0. The Bertz CT molecular complexity index is 775. The van der Waals surface area contributed by atoms with Gasteiger partial charge in [-0.25, -0.2) is 0 Å². The molecule has 0 spiro atoms. The normalized spacial score (nSPS) is 19.7. The van der Waals surface area contributed by atoms with Gasteiger partial charge in [-0.1, -0.05) is 47.1 Å². The van der Waals surface area contributed by atoms with Crippen LogP contribution in [0, 0.1) is 0 Å². The minimum absolute atomic E-state index is 0.0776. The first-order valence-corrected chi connectivity index (χ1v) is 9.19. The summed E-state index contributed by atoms with van der Waals surface area (Å²) >= 11 is 14.8. The van der Waals surface area contributed by atoms with E-state index in [1.165, 1.54) is 11.8 Å². The van der Waals surface area contributed by atoms with Crippen molar-refractivity contribution >= 4 is 63.6 Å². The number of carbonyl (C=O) groups excluding carboxylic acids is 1. The van der Waals surface area contributed by atoms with Crippen molar-refractivity contribution < 1.29 is 4.79 Å². The Morgan fingerprint density at radius 2 is 2.13 bits per heavy atom. The molecular weight excluding hydrogens is 373 g/mol. The summed E-state index contributed by atoms with van der Waals surface area (Å²) < 4.78 is 0. The second-order valence-electron chi connectivity index (χ2n) is 4.71. The number of hydrogen-bond acceptors (Lipinski definition) is 5. The summed E-state index contributed by atoms with van der Waals surface area (Å²) in [5.41, 5.74) is 0.954. The van der Waals surface area contributed by atoms with Gasteiger partial charge in [0.1, 0.15) is 0 Å². The van der Waals surface area contributed by atoms with E-state index in [2.05, 4.69) is 15.5 Å². The Morgan fingerprint density at radius 1 is 1.26 bits per heavy atom. The maximum absolute atomic E-state index is 12.0. The van der Waals surface area contributed by atoms with Gasteiger partial charge < -0.3 is 5.32 Å². The van der Waals surface area contributed by atoms with Gasteiger partial charge in [-0.15, -0.1) is 16.4 Å². The molecule has 1 N–H and O–H groups in total. The minimum atomic E-state index is -0.247. The molecule has 1 amide bonds. The zero-order valence-electron chi connectivity index (χ0n) is 11.7. The summed E-state index contributed by atoms with van der Waals surface area (Å²) in [5.74, 6) is -0.0776. The van der Waals surface area contributed by atoms with Gasteiger partial charge in [-0.3, -0.25) is 4.79 Å². The van der Waals surface area contributed by atoms with Gasteiger partial charge in [0.15, 0.2) is 5.17 Å². The average molecular weight is 384 g/mol. The van der Waals surface area contributed by atoms with Crippen molar-refractivity contribution in [1.82, 2.24) is 5.32 Å². The number of nitrogens with zero attached hydrogens (tertiary/aromatic N) is 2. The lowest BCUT2D eigenvalue weighted by Gasteiger charge is -2.06. The number of amides is 1. The van der Waals surface area contributed by atoms with E-state index in [0.717, 1.165) is 10.4 Å². The van der Waals surface area contributed by atoms with E-state index in [-0.39, 0.29) is 11.2 Å². The lowest BCUT2D eigenvalue weighted by Crippen LogP contribution is -2.25. The number of amidine groups is 1. The summed E-state index contributed by atoms with van der Waals surface area (Å²) in [6, 6.07) is 9.27. The molecule has 1 unspecified atom stereocenters. The maximum atomic E-state index is 12.0. The van der Waals surface area contributed by atoms with Gasteiger partial charge in [-0.2, -0.15) is 5.10 Å². The predicted octanol–water partition coefficient (Wildman–Crippen LogP) is 4.22. The fraction of sp³-hybridized carbons (Fsp3) is 0.133. The van der Waals surface area contributed by atoms with Crippen LogP contribution in [-0.2, 0) is 11.2 Å². The molecule has 1 aliphatic heterocycles. The van der Waals surface area contributed by atoms with Crippen LogP contribution in [0.15, 0.2) is 45.9 Å². The minimum Gasteiger partial charge on any atom is -0.303 e. The Kier molecular flexibility index (Phi) is 5.38. The summed E-state index contributed by atoms with van der Waals surface area (Å²) in [5, 5.41) is 14.0. The molecule has 1 saturated heterocycles. The Morgan fingerprint density at radius 3 is 2.87 bits per heavy atom. The SMILES string of the molecule is O=C1NC(=N/N=C/c2cccs2)SC1Cc1ccc(Cl)c(Cl)c1. The number of benzene rings is 1. The third-order valence-corrected chi connectivity index (χ3v) is 5.68. The molecule has 0 aliphatic carbocycles. The van der Waals surface area contributed by atoms with Gasteiger partial charge in [0.2, 0.25) is 5.91 Å².